The maximum absolute atomic E-state index is 12.9. The summed E-state index contributed by atoms with van der Waals surface area (Å²) in [5.74, 6) is 1.55. The van der Waals surface area contributed by atoms with E-state index in [-0.39, 0.29) is 6.04 Å². The summed E-state index contributed by atoms with van der Waals surface area (Å²) in [7, 11) is 0. The lowest BCUT2D eigenvalue weighted by molar-refractivity contribution is 0.0412. The van der Waals surface area contributed by atoms with Gasteiger partial charge in [0.25, 0.3) is 0 Å². The van der Waals surface area contributed by atoms with Crippen LogP contribution in [0.1, 0.15) is 94.7 Å². The molecule has 1 aliphatic heterocycles. The number of carbonyl (C=O) groups excluding carboxylic acids is 1. The lowest BCUT2D eigenvalue weighted by Gasteiger charge is -2.36. The fraction of sp³-hybridized carbons (Fsp3) is 0.400. The van der Waals surface area contributed by atoms with E-state index < -0.39 is 23.3 Å². The third kappa shape index (κ3) is 6.01. The summed E-state index contributed by atoms with van der Waals surface area (Å²) in [6.07, 6.45) is 6.91. The smallest absolute Gasteiger partial charge is 0.408 e. The molecule has 8 rings (SSSR count). The molecule has 50 heavy (non-hydrogen) atoms. The molecule has 5 aromatic rings. The summed E-state index contributed by atoms with van der Waals surface area (Å²) in [6, 6.07) is 21.4. The highest BCUT2D eigenvalue weighted by atomic mass is 16.6. The maximum Gasteiger partial charge on any atom is 0.408 e. The maximum atomic E-state index is 12.9. The van der Waals surface area contributed by atoms with Gasteiger partial charge in [0.1, 0.15) is 22.8 Å². The van der Waals surface area contributed by atoms with Gasteiger partial charge in [-0.05, 0) is 99.2 Å². The molecule has 3 heterocycles. The zero-order valence-electron chi connectivity index (χ0n) is 28.9. The molecule has 2 amide bonds. The van der Waals surface area contributed by atoms with Crippen molar-refractivity contribution >= 4 is 23.2 Å². The number of carboxylic acid groups (broad SMARTS) is 1. The van der Waals surface area contributed by atoms with Crippen LogP contribution in [0, 0.1) is 0 Å². The number of fused-ring (bicyclic) bond motifs is 4. The number of nitrogens with zero attached hydrogens (tertiary/aromatic N) is 3. The highest BCUT2D eigenvalue weighted by Gasteiger charge is 2.39. The Labute approximate surface area is 291 Å². The van der Waals surface area contributed by atoms with Crippen molar-refractivity contribution in [1.29, 1.82) is 0 Å². The second-order valence-electron chi connectivity index (χ2n) is 15.1. The van der Waals surface area contributed by atoms with Crippen LogP contribution in [0.5, 0.6) is 0 Å². The molecule has 1 unspecified atom stereocenters. The van der Waals surface area contributed by atoms with Crippen molar-refractivity contribution in [3.8, 4) is 33.5 Å². The molecule has 4 N–H and O–H groups in total. The van der Waals surface area contributed by atoms with Crippen LogP contribution in [0.4, 0.5) is 9.59 Å². The normalized spacial score (nSPS) is 18.5. The molecule has 2 fully saturated rings. The number of likely N-dealkylation sites (tertiary alicyclic amines) is 1. The van der Waals surface area contributed by atoms with Gasteiger partial charge in [0.05, 0.1) is 28.5 Å². The number of rotatable bonds is 5. The first kappa shape index (κ1) is 32.1. The molecule has 0 bridgehead atoms. The number of nitrogens with one attached hydrogen (secondary N) is 3. The van der Waals surface area contributed by atoms with Crippen molar-refractivity contribution in [3.05, 3.63) is 83.6 Å². The molecule has 2 aromatic heterocycles. The number of hydrogen-bond acceptors (Lipinski definition) is 5. The number of hydrogen-bond donors (Lipinski definition) is 4. The Morgan fingerprint density at radius 1 is 0.880 bits per heavy atom. The third-order valence-electron chi connectivity index (χ3n) is 10.6. The second-order valence-corrected chi connectivity index (χ2v) is 15.1. The molecule has 2 aliphatic carbocycles. The summed E-state index contributed by atoms with van der Waals surface area (Å²) >= 11 is 0. The van der Waals surface area contributed by atoms with Gasteiger partial charge in [0.15, 0.2) is 0 Å². The Balaban J connectivity index is 1.02. The Kier molecular flexibility index (Phi) is 7.92. The minimum atomic E-state index is -0.883. The van der Waals surface area contributed by atoms with Gasteiger partial charge < -0.3 is 25.1 Å². The quantitative estimate of drug-likeness (QED) is 0.147. The van der Waals surface area contributed by atoms with Crippen LogP contribution < -0.4 is 5.32 Å². The Morgan fingerprint density at radius 3 is 2.30 bits per heavy atom. The van der Waals surface area contributed by atoms with Crippen molar-refractivity contribution in [2.75, 3.05) is 6.54 Å². The van der Waals surface area contributed by atoms with Crippen LogP contribution in [0.25, 0.3) is 44.5 Å². The van der Waals surface area contributed by atoms with Crippen LogP contribution in [0.3, 0.4) is 0 Å². The van der Waals surface area contributed by atoms with E-state index in [9.17, 15) is 14.7 Å². The van der Waals surface area contributed by atoms with Gasteiger partial charge in [-0.2, -0.15) is 0 Å². The van der Waals surface area contributed by atoms with E-state index in [0.29, 0.717) is 6.54 Å². The highest BCUT2D eigenvalue weighted by Crippen LogP contribution is 2.40. The van der Waals surface area contributed by atoms with Gasteiger partial charge in [-0.3, -0.25) is 4.90 Å². The minimum absolute atomic E-state index is 0.204. The fourth-order valence-electron chi connectivity index (χ4n) is 8.09. The lowest BCUT2D eigenvalue weighted by Crippen LogP contribution is -2.49. The van der Waals surface area contributed by atoms with E-state index >= 15 is 0 Å². The number of imidazole rings is 2. The van der Waals surface area contributed by atoms with E-state index in [4.69, 9.17) is 14.7 Å². The molecular weight excluding hydrogens is 628 g/mol. The molecule has 10 nitrogen and oxygen atoms in total. The van der Waals surface area contributed by atoms with Gasteiger partial charge in [0, 0.05) is 12.1 Å². The highest BCUT2D eigenvalue weighted by molar-refractivity contribution is 5.83. The first-order valence-corrected chi connectivity index (χ1v) is 17.9. The summed E-state index contributed by atoms with van der Waals surface area (Å²) in [6.45, 7) is 6.19. The zero-order valence-corrected chi connectivity index (χ0v) is 28.9. The van der Waals surface area contributed by atoms with Gasteiger partial charge in [0.2, 0.25) is 0 Å². The third-order valence-corrected chi connectivity index (χ3v) is 10.6. The summed E-state index contributed by atoms with van der Waals surface area (Å²) in [5.41, 5.74) is 9.65. The number of alkyl carbamates (subject to hydrolysis) is 1. The first-order valence-electron chi connectivity index (χ1n) is 17.9. The molecule has 258 valence electrons. The standard InChI is InChI=1S/C40H44N6O4/c1-39(2,3)50-37(47)45-40(19-5-4-6-20-40)36-42-30-17-14-27(23-32(30)43-36)25-11-9-24(10-12-25)26-13-16-29-28(22-26)15-18-31-34(29)44-35(41-31)33-8-7-21-46(33)38(48)49/h9-14,16-17,22-23,33H,4-8,15,18-21H2,1-3H3,(H,41,44)(H,42,43)(H,45,47)(H,48,49). The minimum Gasteiger partial charge on any atom is -0.465 e. The second kappa shape index (κ2) is 12.3. The van der Waals surface area contributed by atoms with Crippen molar-refractivity contribution in [2.45, 2.75) is 95.7 Å². The predicted molar refractivity (Wildman–Crippen MR) is 193 cm³/mol. The molecule has 3 aromatic carbocycles. The topological polar surface area (TPSA) is 136 Å². The van der Waals surface area contributed by atoms with Gasteiger partial charge in [-0.15, -0.1) is 0 Å². The Bertz CT molecular complexity index is 2080. The van der Waals surface area contributed by atoms with E-state index in [1.54, 1.807) is 0 Å². The van der Waals surface area contributed by atoms with Crippen molar-refractivity contribution in [3.63, 3.8) is 0 Å². The van der Waals surface area contributed by atoms with Crippen LogP contribution in [-0.2, 0) is 23.1 Å². The van der Waals surface area contributed by atoms with Gasteiger partial charge in [-0.25, -0.2) is 19.6 Å². The number of aromatic amines is 2. The number of carbonyl (C=O) groups is 2. The van der Waals surface area contributed by atoms with Crippen LogP contribution in [-0.4, -0.2) is 54.3 Å². The molecule has 0 radical (unpaired) electrons. The zero-order chi connectivity index (χ0) is 34.6. The van der Waals surface area contributed by atoms with Crippen LogP contribution in [0.15, 0.2) is 60.7 Å². The first-order chi connectivity index (χ1) is 24.0. The fourth-order valence-corrected chi connectivity index (χ4v) is 8.09. The predicted octanol–water partition coefficient (Wildman–Crippen LogP) is 8.88. The van der Waals surface area contributed by atoms with E-state index in [1.165, 1.54) is 10.5 Å². The molecule has 1 saturated heterocycles. The monoisotopic (exact) mass is 672 g/mol. The lowest BCUT2D eigenvalue weighted by atomic mass is 9.81. The molecule has 0 spiro atoms. The van der Waals surface area contributed by atoms with Crippen molar-refractivity contribution < 1.29 is 19.4 Å². The van der Waals surface area contributed by atoms with Crippen molar-refractivity contribution in [1.82, 2.24) is 30.2 Å². The molecule has 3 aliphatic rings. The van der Waals surface area contributed by atoms with E-state index in [0.717, 1.165) is 120 Å². The average Bonchev–Trinajstić information content (AvgIpc) is 3.86. The van der Waals surface area contributed by atoms with Crippen molar-refractivity contribution in [2.24, 2.45) is 0 Å². The van der Waals surface area contributed by atoms with E-state index in [2.05, 4.69) is 69.9 Å². The largest absolute Gasteiger partial charge is 0.465 e. The number of H-pyrrole nitrogens is 2. The van der Waals surface area contributed by atoms with Crippen LogP contribution in [0.2, 0.25) is 0 Å². The average molecular weight is 673 g/mol. The van der Waals surface area contributed by atoms with E-state index in [1.807, 2.05) is 26.8 Å². The molecule has 1 saturated carbocycles. The SMILES string of the molecule is CC(C)(C)OC(=O)NC1(c2nc3ccc(-c4ccc(-c5ccc6c(c5)CCc5nc(C7CCCN7C(=O)O)[nH]c5-6)cc4)cc3[nH]2)CCCCC1. The summed E-state index contributed by atoms with van der Waals surface area (Å²) < 4.78 is 5.64. The number of ether oxygens (including phenoxy) is 1. The molecular formula is C40H44N6O4. The number of amides is 2. The Morgan fingerprint density at radius 2 is 1.58 bits per heavy atom. The summed E-state index contributed by atoms with van der Waals surface area (Å²) in [5, 5.41) is 12.8. The number of aryl methyl sites for hydroxylation is 2. The number of benzene rings is 3. The molecule has 1 atom stereocenters. The number of aromatic nitrogens is 4. The van der Waals surface area contributed by atoms with Crippen LogP contribution >= 0.6 is 0 Å². The summed E-state index contributed by atoms with van der Waals surface area (Å²) in [4.78, 5) is 43.0. The van der Waals surface area contributed by atoms with Gasteiger partial charge in [-0.1, -0.05) is 67.8 Å². The van der Waals surface area contributed by atoms with Gasteiger partial charge >= 0.3 is 12.2 Å². The Hall–Kier alpha value is -5.12. The molecule has 10 heteroatoms.